The van der Waals surface area contributed by atoms with Gasteiger partial charge in [-0.1, -0.05) is 15.9 Å². The smallest absolute Gasteiger partial charge is 0.147 e. The minimum atomic E-state index is -2.98. The van der Waals surface area contributed by atoms with Gasteiger partial charge in [0.1, 0.15) is 15.7 Å². The molecule has 0 amide bonds. The number of halogens is 2. The van der Waals surface area contributed by atoms with Gasteiger partial charge in [0.25, 0.3) is 0 Å². The maximum absolute atomic E-state index is 13.5. The van der Waals surface area contributed by atoms with Crippen LogP contribution < -0.4 is 5.73 Å². The summed E-state index contributed by atoms with van der Waals surface area (Å²) in [6.45, 7) is 0. The predicted molar refractivity (Wildman–Crippen MR) is 70.0 cm³/mol. The minimum Gasteiger partial charge on any atom is -0.324 e. The molecule has 0 saturated heterocycles. The average molecular weight is 324 g/mol. The molecule has 2 N–H and O–H groups in total. The fraction of sp³-hybridized carbons (Fsp3) is 0.455. The molecule has 1 unspecified atom stereocenters. The SMILES string of the molecule is CS(=O)(=O)CCCC(N)c1cc(Br)ccc1F. The van der Waals surface area contributed by atoms with Crippen molar-refractivity contribution in [2.75, 3.05) is 12.0 Å². The summed E-state index contributed by atoms with van der Waals surface area (Å²) in [7, 11) is -2.98. The molecule has 0 saturated carbocycles. The third-order valence-electron chi connectivity index (χ3n) is 2.39. The number of nitrogens with two attached hydrogens (primary N) is 1. The highest BCUT2D eigenvalue weighted by molar-refractivity contribution is 9.10. The fourth-order valence-electron chi connectivity index (χ4n) is 1.52. The predicted octanol–water partition coefficient (Wildman–Crippen LogP) is 2.41. The van der Waals surface area contributed by atoms with E-state index in [1.54, 1.807) is 12.1 Å². The van der Waals surface area contributed by atoms with Crippen molar-refractivity contribution in [3.05, 3.63) is 34.1 Å². The van der Waals surface area contributed by atoms with Crippen LogP contribution in [0, 0.1) is 5.82 Å². The monoisotopic (exact) mass is 323 g/mol. The maximum atomic E-state index is 13.5. The van der Waals surface area contributed by atoms with Crippen molar-refractivity contribution in [1.82, 2.24) is 0 Å². The zero-order valence-electron chi connectivity index (χ0n) is 9.49. The molecule has 0 fully saturated rings. The van der Waals surface area contributed by atoms with Crippen molar-refractivity contribution in [2.24, 2.45) is 5.73 Å². The number of hydrogen-bond donors (Lipinski definition) is 1. The second-order valence-corrected chi connectivity index (χ2v) is 7.22. The van der Waals surface area contributed by atoms with Gasteiger partial charge in [-0.05, 0) is 31.0 Å². The molecule has 96 valence electrons. The van der Waals surface area contributed by atoms with Gasteiger partial charge in [-0.25, -0.2) is 12.8 Å². The van der Waals surface area contributed by atoms with Gasteiger partial charge in [0.05, 0.1) is 0 Å². The molecule has 0 heterocycles. The van der Waals surface area contributed by atoms with Crippen LogP contribution >= 0.6 is 15.9 Å². The van der Waals surface area contributed by atoms with Crippen LogP contribution in [0.2, 0.25) is 0 Å². The van der Waals surface area contributed by atoms with E-state index < -0.39 is 15.9 Å². The molecule has 1 atom stereocenters. The molecule has 1 aromatic rings. The van der Waals surface area contributed by atoms with Crippen LogP contribution in [0.25, 0.3) is 0 Å². The van der Waals surface area contributed by atoms with Crippen molar-refractivity contribution >= 4 is 25.8 Å². The first-order valence-corrected chi connectivity index (χ1v) is 8.03. The first-order chi connectivity index (χ1) is 7.79. The van der Waals surface area contributed by atoms with Crippen molar-refractivity contribution in [3.63, 3.8) is 0 Å². The summed E-state index contributed by atoms with van der Waals surface area (Å²) in [5.74, 6) is -0.281. The Kier molecular flexibility index (Phi) is 5.09. The van der Waals surface area contributed by atoms with E-state index in [9.17, 15) is 12.8 Å². The van der Waals surface area contributed by atoms with Gasteiger partial charge in [-0.2, -0.15) is 0 Å². The molecule has 0 aliphatic rings. The van der Waals surface area contributed by atoms with Crippen LogP contribution in [-0.4, -0.2) is 20.4 Å². The molecule has 1 rings (SSSR count). The largest absolute Gasteiger partial charge is 0.324 e. The lowest BCUT2D eigenvalue weighted by molar-refractivity contribution is 0.555. The van der Waals surface area contributed by atoms with Crippen LogP contribution in [0.5, 0.6) is 0 Å². The van der Waals surface area contributed by atoms with Crippen LogP contribution in [0.1, 0.15) is 24.4 Å². The van der Waals surface area contributed by atoms with Crippen LogP contribution in [0.4, 0.5) is 4.39 Å². The molecule has 0 aromatic heterocycles. The fourth-order valence-corrected chi connectivity index (χ4v) is 2.59. The van der Waals surface area contributed by atoms with Gasteiger partial charge in [-0.3, -0.25) is 0 Å². The van der Waals surface area contributed by atoms with Crippen LogP contribution in [-0.2, 0) is 9.84 Å². The Hall–Kier alpha value is -0.460. The highest BCUT2D eigenvalue weighted by Crippen LogP contribution is 2.23. The van der Waals surface area contributed by atoms with Gasteiger partial charge < -0.3 is 5.73 Å². The maximum Gasteiger partial charge on any atom is 0.147 e. The summed E-state index contributed by atoms with van der Waals surface area (Å²) in [5.41, 5.74) is 6.25. The van der Waals surface area contributed by atoms with Crippen molar-refractivity contribution in [2.45, 2.75) is 18.9 Å². The third kappa shape index (κ3) is 5.14. The standard InChI is InChI=1S/C11H15BrFNO2S/c1-17(15,16)6-2-3-11(14)9-7-8(12)4-5-10(9)13/h4-5,7,11H,2-3,6,14H2,1H3. The summed E-state index contributed by atoms with van der Waals surface area (Å²) < 4.78 is 36.1. The highest BCUT2D eigenvalue weighted by Gasteiger charge is 2.13. The number of hydrogen-bond acceptors (Lipinski definition) is 3. The van der Waals surface area contributed by atoms with E-state index in [-0.39, 0.29) is 11.6 Å². The number of benzene rings is 1. The zero-order chi connectivity index (χ0) is 13.1. The Morgan fingerprint density at radius 3 is 2.71 bits per heavy atom. The topological polar surface area (TPSA) is 60.2 Å². The highest BCUT2D eigenvalue weighted by atomic mass is 79.9. The zero-order valence-corrected chi connectivity index (χ0v) is 11.9. The minimum absolute atomic E-state index is 0.0797. The molecule has 17 heavy (non-hydrogen) atoms. The van der Waals surface area contributed by atoms with Gasteiger partial charge in [0, 0.05) is 28.1 Å². The van der Waals surface area contributed by atoms with E-state index >= 15 is 0 Å². The Labute approximate surface area is 109 Å². The molecule has 0 aliphatic heterocycles. The Morgan fingerprint density at radius 2 is 2.12 bits per heavy atom. The molecule has 6 heteroatoms. The molecule has 3 nitrogen and oxygen atoms in total. The molecule has 0 aliphatic carbocycles. The first-order valence-electron chi connectivity index (χ1n) is 5.18. The molecular weight excluding hydrogens is 309 g/mol. The lowest BCUT2D eigenvalue weighted by Crippen LogP contribution is -2.14. The van der Waals surface area contributed by atoms with Crippen molar-refractivity contribution in [3.8, 4) is 0 Å². The molecule has 0 bridgehead atoms. The quantitative estimate of drug-likeness (QED) is 0.905. The molecular formula is C11H15BrFNO2S. The normalized spacial score (nSPS) is 13.6. The summed E-state index contributed by atoms with van der Waals surface area (Å²) in [6, 6.07) is 4.09. The molecule has 1 aromatic carbocycles. The van der Waals surface area contributed by atoms with Crippen molar-refractivity contribution in [1.29, 1.82) is 0 Å². The lowest BCUT2D eigenvalue weighted by atomic mass is 10.0. The number of rotatable bonds is 5. The number of sulfone groups is 1. The van der Waals surface area contributed by atoms with Gasteiger partial charge in [0.2, 0.25) is 0 Å². The van der Waals surface area contributed by atoms with Crippen molar-refractivity contribution < 1.29 is 12.8 Å². The van der Waals surface area contributed by atoms with Gasteiger partial charge >= 0.3 is 0 Å². The molecule has 0 radical (unpaired) electrons. The van der Waals surface area contributed by atoms with E-state index in [4.69, 9.17) is 5.73 Å². The second-order valence-electron chi connectivity index (χ2n) is 4.04. The lowest BCUT2D eigenvalue weighted by Gasteiger charge is -2.13. The molecule has 0 spiro atoms. The summed E-state index contributed by atoms with van der Waals surface area (Å²) in [4.78, 5) is 0. The third-order valence-corrected chi connectivity index (χ3v) is 3.91. The van der Waals surface area contributed by atoms with Crippen LogP contribution in [0.15, 0.2) is 22.7 Å². The Morgan fingerprint density at radius 1 is 1.47 bits per heavy atom. The van der Waals surface area contributed by atoms with E-state index in [0.717, 1.165) is 4.47 Å². The van der Waals surface area contributed by atoms with E-state index in [2.05, 4.69) is 15.9 Å². The van der Waals surface area contributed by atoms with Gasteiger partial charge in [-0.15, -0.1) is 0 Å². The van der Waals surface area contributed by atoms with Crippen LogP contribution in [0.3, 0.4) is 0 Å². The average Bonchev–Trinajstić information content (AvgIpc) is 2.19. The second kappa shape index (κ2) is 5.93. The Bertz CT molecular complexity index is 490. The summed E-state index contributed by atoms with van der Waals surface area (Å²) in [6.07, 6.45) is 2.06. The summed E-state index contributed by atoms with van der Waals surface area (Å²) in [5, 5.41) is 0. The van der Waals surface area contributed by atoms with E-state index in [1.807, 2.05) is 0 Å². The Balaban J connectivity index is 2.64. The first kappa shape index (κ1) is 14.6. The van der Waals surface area contributed by atoms with Gasteiger partial charge in [0.15, 0.2) is 0 Å². The van der Waals surface area contributed by atoms with E-state index in [0.29, 0.717) is 18.4 Å². The summed E-state index contributed by atoms with van der Waals surface area (Å²) >= 11 is 3.25. The van der Waals surface area contributed by atoms with E-state index in [1.165, 1.54) is 12.3 Å².